The summed E-state index contributed by atoms with van der Waals surface area (Å²) in [6.07, 6.45) is 6.72. The molecule has 0 aliphatic carbocycles. The van der Waals surface area contributed by atoms with Crippen LogP contribution in [0.5, 0.6) is 0 Å². The van der Waals surface area contributed by atoms with Crippen LogP contribution in [0.1, 0.15) is 133 Å². The van der Waals surface area contributed by atoms with Crippen molar-refractivity contribution >= 4 is 5.78 Å². The van der Waals surface area contributed by atoms with Crippen LogP contribution in [0, 0.1) is 52.8 Å². The number of ether oxygens (including phenoxy) is 5. The molecule has 0 amide bonds. The van der Waals surface area contributed by atoms with E-state index in [2.05, 4.69) is 26.8 Å². The number of nitrogens with zero attached hydrogens (tertiary/aromatic N) is 1. The minimum atomic E-state index is -1.35. The molecule has 18 atom stereocenters. The van der Waals surface area contributed by atoms with Crippen molar-refractivity contribution in [1.82, 2.24) is 0 Å². The Bertz CT molecular complexity index is 1320. The van der Waals surface area contributed by atoms with E-state index in [0.717, 1.165) is 25.7 Å². The number of nitriles is 1. The van der Waals surface area contributed by atoms with Gasteiger partial charge in [-0.05, 0) is 95.6 Å². The van der Waals surface area contributed by atoms with Crippen molar-refractivity contribution in [3.63, 3.8) is 0 Å². The minimum Gasteiger partial charge on any atom is -0.392 e. The number of aliphatic hydroxyl groups is 3. The van der Waals surface area contributed by atoms with Crippen LogP contribution in [0.4, 0.5) is 0 Å². The molecule has 10 nitrogen and oxygen atoms in total. The zero-order valence-corrected chi connectivity index (χ0v) is 33.5. The maximum absolute atomic E-state index is 14.4. The minimum absolute atomic E-state index is 0.0401. The number of Topliss-reactive ketones (excluding diaryl/α,β-unsaturated/α-hetero) is 1. The van der Waals surface area contributed by atoms with E-state index in [9.17, 15) is 25.4 Å². The van der Waals surface area contributed by atoms with Crippen LogP contribution in [-0.4, -0.2) is 86.6 Å². The Morgan fingerprint density at radius 1 is 0.962 bits per heavy atom. The van der Waals surface area contributed by atoms with Crippen molar-refractivity contribution in [1.29, 1.82) is 5.26 Å². The summed E-state index contributed by atoms with van der Waals surface area (Å²) in [7, 11) is 0. The maximum Gasteiger partial charge on any atom is 0.202 e. The highest BCUT2D eigenvalue weighted by atomic mass is 16.8. The third-order valence-electron chi connectivity index (χ3n) is 14.3. The largest absolute Gasteiger partial charge is 0.392 e. The molecule has 5 aliphatic heterocycles. The predicted molar refractivity (Wildman–Crippen MR) is 197 cm³/mol. The molecule has 5 aliphatic rings. The summed E-state index contributed by atoms with van der Waals surface area (Å²) in [5, 5.41) is 43.9. The summed E-state index contributed by atoms with van der Waals surface area (Å²) in [5.41, 5.74) is -1.61. The summed E-state index contributed by atoms with van der Waals surface area (Å²) in [5.74, 6) is -4.08. The van der Waals surface area contributed by atoms with E-state index in [1.807, 2.05) is 54.5 Å². The van der Waals surface area contributed by atoms with E-state index >= 15 is 0 Å². The Balaban J connectivity index is 1.31. The predicted octanol–water partition coefficient (Wildman–Crippen LogP) is 6.63. The zero-order valence-electron chi connectivity index (χ0n) is 33.5. The maximum atomic E-state index is 14.4. The number of aliphatic hydroxyl groups excluding tert-OH is 2. The molecular formula is C42H69NO9. The summed E-state index contributed by atoms with van der Waals surface area (Å²) in [4.78, 5) is 14.4. The zero-order chi connectivity index (χ0) is 38.4. The van der Waals surface area contributed by atoms with E-state index in [-0.39, 0.29) is 59.8 Å². The molecule has 296 valence electrons. The molecule has 0 aromatic heterocycles. The molecule has 2 spiro atoms. The van der Waals surface area contributed by atoms with Gasteiger partial charge < -0.3 is 39.0 Å². The van der Waals surface area contributed by atoms with Gasteiger partial charge >= 0.3 is 0 Å². The van der Waals surface area contributed by atoms with Gasteiger partial charge in [0.25, 0.3) is 0 Å². The summed E-state index contributed by atoms with van der Waals surface area (Å²) < 4.78 is 33.6. The Labute approximate surface area is 312 Å². The lowest BCUT2D eigenvalue weighted by atomic mass is 9.72. The number of carbonyl (C=O) groups is 1. The first-order chi connectivity index (χ1) is 24.4. The second-order valence-electron chi connectivity index (χ2n) is 17.7. The molecule has 0 unspecified atom stereocenters. The molecule has 4 fully saturated rings. The van der Waals surface area contributed by atoms with Gasteiger partial charge in [0.05, 0.1) is 59.8 Å². The van der Waals surface area contributed by atoms with Gasteiger partial charge in [0, 0.05) is 30.1 Å². The molecule has 52 heavy (non-hydrogen) atoms. The monoisotopic (exact) mass is 731 g/mol. The lowest BCUT2D eigenvalue weighted by Crippen LogP contribution is -2.63. The second kappa shape index (κ2) is 16.0. The van der Waals surface area contributed by atoms with Crippen molar-refractivity contribution in [2.75, 3.05) is 0 Å². The van der Waals surface area contributed by atoms with Gasteiger partial charge in [-0.15, -0.1) is 0 Å². The Morgan fingerprint density at radius 3 is 2.29 bits per heavy atom. The number of hydrogen-bond acceptors (Lipinski definition) is 10. The number of rotatable bonds is 11. The second-order valence-corrected chi connectivity index (χ2v) is 17.7. The van der Waals surface area contributed by atoms with Crippen LogP contribution in [0.15, 0.2) is 12.2 Å². The molecule has 0 aromatic rings. The van der Waals surface area contributed by atoms with E-state index in [1.54, 1.807) is 6.08 Å². The smallest absolute Gasteiger partial charge is 0.202 e. The van der Waals surface area contributed by atoms with E-state index in [0.29, 0.717) is 38.5 Å². The highest BCUT2D eigenvalue weighted by Gasteiger charge is 2.63. The van der Waals surface area contributed by atoms with Gasteiger partial charge in [0.1, 0.15) is 11.9 Å². The third kappa shape index (κ3) is 7.56. The fourth-order valence-corrected chi connectivity index (χ4v) is 10.3. The molecule has 10 heteroatoms. The van der Waals surface area contributed by atoms with Gasteiger partial charge in [-0.2, -0.15) is 5.26 Å². The van der Waals surface area contributed by atoms with Crippen LogP contribution in [0.25, 0.3) is 0 Å². The molecule has 0 saturated carbocycles. The first kappa shape index (κ1) is 41.7. The van der Waals surface area contributed by atoms with Gasteiger partial charge in [0.2, 0.25) is 5.79 Å². The molecule has 5 heterocycles. The summed E-state index contributed by atoms with van der Waals surface area (Å²) >= 11 is 0. The summed E-state index contributed by atoms with van der Waals surface area (Å²) in [6, 6.07) is 2.39. The molecular weight excluding hydrogens is 662 g/mol. The van der Waals surface area contributed by atoms with Crippen LogP contribution >= 0.6 is 0 Å². The molecule has 0 aromatic carbocycles. The van der Waals surface area contributed by atoms with Crippen molar-refractivity contribution in [3.05, 3.63) is 12.2 Å². The van der Waals surface area contributed by atoms with Crippen LogP contribution in [-0.2, 0) is 28.5 Å². The number of hydrogen-bond donors (Lipinski definition) is 3. The number of ketones is 1. The first-order valence-electron chi connectivity index (χ1n) is 20.5. The molecule has 0 bridgehead atoms. The highest BCUT2D eigenvalue weighted by Crippen LogP contribution is 2.54. The first-order valence-corrected chi connectivity index (χ1v) is 20.5. The SMILES string of the molecule is CC[C@@H](C#N)[C@H]1CC[C@H](C)[C@H]([C@@H](C)[C@H](O)[C@H](C)C(=O)[C@H](CC)[C@H]2O[C@]3(C=C[C@@H](O)[C@]4(CC[C@@](C)([C@H]5CC[C@](O)(CC)[C@H](C)O5)O4)O3)[C@H](C)C[C@@H]2C)O1. The molecule has 0 radical (unpaired) electrons. The molecule has 5 rings (SSSR count). The molecule has 3 N–H and O–H groups in total. The topological polar surface area (TPSA) is 148 Å². The van der Waals surface area contributed by atoms with E-state index < -0.39 is 52.9 Å². The van der Waals surface area contributed by atoms with Crippen molar-refractivity contribution in [2.24, 2.45) is 41.4 Å². The summed E-state index contributed by atoms with van der Waals surface area (Å²) in [6.45, 7) is 20.0. The highest BCUT2D eigenvalue weighted by molar-refractivity contribution is 5.84. The van der Waals surface area contributed by atoms with Crippen molar-refractivity contribution in [3.8, 4) is 6.07 Å². The third-order valence-corrected chi connectivity index (χ3v) is 14.3. The molecule has 4 saturated heterocycles. The van der Waals surface area contributed by atoms with Gasteiger partial charge in [-0.25, -0.2) is 0 Å². The lowest BCUT2D eigenvalue weighted by Gasteiger charge is -2.54. The van der Waals surface area contributed by atoms with Gasteiger partial charge in [0.15, 0.2) is 5.79 Å². The Kier molecular flexibility index (Phi) is 12.8. The Hall–Kier alpha value is -1.42. The quantitative estimate of drug-likeness (QED) is 0.198. The number of carbonyl (C=O) groups excluding carboxylic acids is 1. The van der Waals surface area contributed by atoms with E-state index in [1.165, 1.54) is 0 Å². The standard InChI is InChI=1S/C42H69NO9/c1-11-30(23-43)32-15-14-24(4)37(49-32)28(8)35(45)27(7)36(46)31(12-2)38-25(5)22-26(6)41(50-38)19-16-33(44)42(52-41)21-20-39(10,51-42)34-17-18-40(47,13-3)29(9)48-34/h16,19,24-35,37-38,44-45,47H,11-15,17-18,20-22H2,1-10H3/t24-,25-,26+,27-,28-,29-,30-,31-,32+,33+,34+,35+,37+,38-,39-,40+,41-,42-/m0/s1. The lowest BCUT2D eigenvalue weighted by molar-refractivity contribution is -0.409. The van der Waals surface area contributed by atoms with E-state index in [4.69, 9.17) is 23.7 Å². The van der Waals surface area contributed by atoms with Crippen molar-refractivity contribution in [2.45, 2.75) is 199 Å². The fraction of sp³-hybridized carbons (Fsp3) is 0.905. The fourth-order valence-electron chi connectivity index (χ4n) is 10.3. The van der Waals surface area contributed by atoms with Crippen LogP contribution < -0.4 is 0 Å². The van der Waals surface area contributed by atoms with Crippen LogP contribution in [0.3, 0.4) is 0 Å². The van der Waals surface area contributed by atoms with Gasteiger partial charge in [-0.3, -0.25) is 4.79 Å². The van der Waals surface area contributed by atoms with Crippen LogP contribution in [0.2, 0.25) is 0 Å². The normalized spacial score (nSPS) is 46.7. The average molecular weight is 732 g/mol. The van der Waals surface area contributed by atoms with Gasteiger partial charge in [-0.1, -0.05) is 55.4 Å². The van der Waals surface area contributed by atoms with Crippen molar-refractivity contribution < 1.29 is 43.8 Å². The average Bonchev–Trinajstić information content (AvgIpc) is 3.47. The Morgan fingerprint density at radius 2 is 1.67 bits per heavy atom.